The fraction of sp³-hybridized carbons (Fsp3) is 0.917. The molecule has 0 aromatic carbocycles. The first-order valence-electron chi connectivity index (χ1n) is 5.97. The molecule has 0 amide bonds. The first-order valence-corrected chi connectivity index (χ1v) is 7.13. The van der Waals surface area contributed by atoms with E-state index in [4.69, 9.17) is 4.74 Å². The van der Waals surface area contributed by atoms with Crippen LogP contribution in [-0.4, -0.2) is 29.8 Å². The summed E-state index contributed by atoms with van der Waals surface area (Å²) in [5.74, 6) is 1.16. The summed E-state index contributed by atoms with van der Waals surface area (Å²) in [6, 6.07) is 0. The first-order chi connectivity index (χ1) is 7.56. The molecule has 0 saturated carbocycles. The Hall–Kier alpha value is -0.250. The zero-order valence-electron chi connectivity index (χ0n) is 10.5. The van der Waals surface area contributed by atoms with Crippen molar-refractivity contribution in [1.29, 1.82) is 0 Å². The van der Waals surface area contributed by atoms with E-state index in [1.54, 1.807) is 11.8 Å². The third-order valence-corrected chi connectivity index (χ3v) is 3.10. The fourth-order valence-electron chi connectivity index (χ4n) is 1.23. The highest BCUT2D eigenvalue weighted by Gasteiger charge is 2.05. The van der Waals surface area contributed by atoms with Crippen LogP contribution in [0.1, 0.15) is 46.5 Å². The number of carbonyl (C=O) groups is 1. The van der Waals surface area contributed by atoms with Gasteiger partial charge in [-0.25, -0.2) is 4.39 Å². The molecule has 0 fully saturated rings. The first kappa shape index (κ1) is 15.8. The Bertz CT molecular complexity index is 186. The molecule has 0 radical (unpaired) electrons. The van der Waals surface area contributed by atoms with Gasteiger partial charge in [-0.2, -0.15) is 11.8 Å². The summed E-state index contributed by atoms with van der Waals surface area (Å²) >= 11 is 1.57. The molecule has 0 spiro atoms. The zero-order chi connectivity index (χ0) is 12.4. The Morgan fingerprint density at radius 3 is 2.62 bits per heavy atom. The molecule has 4 heteroatoms. The summed E-state index contributed by atoms with van der Waals surface area (Å²) in [7, 11) is 0. The predicted molar refractivity (Wildman–Crippen MR) is 67.6 cm³/mol. The van der Waals surface area contributed by atoms with Crippen LogP contribution >= 0.6 is 11.8 Å². The van der Waals surface area contributed by atoms with Crippen molar-refractivity contribution in [2.24, 2.45) is 0 Å². The summed E-state index contributed by atoms with van der Waals surface area (Å²) in [5, 5.41) is 0. The average molecular weight is 250 g/mol. The van der Waals surface area contributed by atoms with Gasteiger partial charge in [0, 0.05) is 0 Å². The number of alkyl halides is 1. The highest BCUT2D eigenvalue weighted by molar-refractivity contribution is 7.99. The van der Waals surface area contributed by atoms with E-state index in [0.717, 1.165) is 18.6 Å². The second-order valence-corrected chi connectivity index (χ2v) is 5.20. The third kappa shape index (κ3) is 10.3. The van der Waals surface area contributed by atoms with Gasteiger partial charge in [-0.15, -0.1) is 0 Å². The van der Waals surface area contributed by atoms with Gasteiger partial charge in [-0.3, -0.25) is 4.79 Å². The van der Waals surface area contributed by atoms with Crippen LogP contribution in [-0.2, 0) is 9.53 Å². The maximum absolute atomic E-state index is 12.8. The van der Waals surface area contributed by atoms with Crippen molar-refractivity contribution in [3.05, 3.63) is 0 Å². The van der Waals surface area contributed by atoms with Crippen LogP contribution in [0.4, 0.5) is 4.39 Å². The van der Waals surface area contributed by atoms with Crippen LogP contribution in [0, 0.1) is 0 Å². The molecule has 0 aliphatic carbocycles. The molecule has 0 aromatic rings. The SMILES string of the molecule is CCC(F)CCCCSCC(=O)OC(C)C. The number of hydrogen-bond acceptors (Lipinski definition) is 3. The number of ether oxygens (including phenoxy) is 1. The van der Waals surface area contributed by atoms with Crippen molar-refractivity contribution in [1.82, 2.24) is 0 Å². The maximum Gasteiger partial charge on any atom is 0.316 e. The van der Waals surface area contributed by atoms with Crippen molar-refractivity contribution in [2.45, 2.75) is 58.7 Å². The van der Waals surface area contributed by atoms with E-state index >= 15 is 0 Å². The molecule has 96 valence electrons. The van der Waals surface area contributed by atoms with Crippen molar-refractivity contribution < 1.29 is 13.9 Å². The number of rotatable bonds is 9. The third-order valence-electron chi connectivity index (χ3n) is 2.09. The van der Waals surface area contributed by atoms with Crippen LogP contribution in [0.15, 0.2) is 0 Å². The van der Waals surface area contributed by atoms with Gasteiger partial charge >= 0.3 is 5.97 Å². The summed E-state index contributed by atoms with van der Waals surface area (Å²) < 4.78 is 17.8. The lowest BCUT2D eigenvalue weighted by Gasteiger charge is -2.07. The monoisotopic (exact) mass is 250 g/mol. The Labute approximate surface area is 102 Å². The Balaban J connectivity index is 3.24. The summed E-state index contributed by atoms with van der Waals surface area (Å²) in [5.41, 5.74) is 0. The molecule has 16 heavy (non-hydrogen) atoms. The minimum atomic E-state index is -0.657. The van der Waals surface area contributed by atoms with E-state index in [-0.39, 0.29) is 12.1 Å². The minimum absolute atomic E-state index is 0.0371. The van der Waals surface area contributed by atoms with Gasteiger partial charge in [0.2, 0.25) is 0 Å². The van der Waals surface area contributed by atoms with Gasteiger partial charge in [-0.05, 0) is 45.3 Å². The number of halogens is 1. The molecule has 0 aliphatic rings. The summed E-state index contributed by atoms with van der Waals surface area (Å²) in [6.07, 6.45) is 2.43. The summed E-state index contributed by atoms with van der Waals surface area (Å²) in [6.45, 7) is 5.55. The molecular weight excluding hydrogens is 227 g/mol. The van der Waals surface area contributed by atoms with Gasteiger partial charge < -0.3 is 4.74 Å². The topological polar surface area (TPSA) is 26.3 Å². The Kier molecular flexibility index (Phi) is 9.78. The van der Waals surface area contributed by atoms with E-state index in [2.05, 4.69) is 0 Å². The van der Waals surface area contributed by atoms with Gasteiger partial charge in [0.25, 0.3) is 0 Å². The normalized spacial score (nSPS) is 12.8. The maximum atomic E-state index is 12.8. The van der Waals surface area contributed by atoms with E-state index in [1.165, 1.54) is 0 Å². The molecule has 1 unspecified atom stereocenters. The highest BCUT2D eigenvalue weighted by Crippen LogP contribution is 2.11. The number of unbranched alkanes of at least 4 members (excludes halogenated alkanes) is 1. The van der Waals surface area contributed by atoms with Gasteiger partial charge in [0.15, 0.2) is 0 Å². The predicted octanol–water partition coefficient (Wildman–Crippen LogP) is 3.59. The summed E-state index contributed by atoms with van der Waals surface area (Å²) in [4.78, 5) is 11.1. The van der Waals surface area contributed by atoms with Gasteiger partial charge in [-0.1, -0.05) is 6.92 Å². The van der Waals surface area contributed by atoms with E-state index in [9.17, 15) is 9.18 Å². The largest absolute Gasteiger partial charge is 0.462 e. The molecule has 0 N–H and O–H groups in total. The van der Waals surface area contributed by atoms with Crippen molar-refractivity contribution >= 4 is 17.7 Å². The molecule has 0 saturated heterocycles. The number of carbonyl (C=O) groups excluding carboxylic acids is 1. The number of hydrogen-bond donors (Lipinski definition) is 0. The average Bonchev–Trinajstić information content (AvgIpc) is 2.21. The molecular formula is C12H23FO2S. The second kappa shape index (κ2) is 9.94. The van der Waals surface area contributed by atoms with Crippen molar-refractivity contribution in [3.8, 4) is 0 Å². The van der Waals surface area contributed by atoms with Crippen molar-refractivity contribution in [3.63, 3.8) is 0 Å². The standard InChI is InChI=1S/C12H23FO2S/c1-4-11(13)7-5-6-8-16-9-12(14)15-10(2)3/h10-11H,4-9H2,1-3H3. The number of esters is 1. The molecule has 0 heterocycles. The van der Waals surface area contributed by atoms with E-state index in [0.29, 0.717) is 18.6 Å². The number of thioether (sulfide) groups is 1. The van der Waals surface area contributed by atoms with Crippen LogP contribution < -0.4 is 0 Å². The molecule has 0 aliphatic heterocycles. The Morgan fingerprint density at radius 2 is 2.06 bits per heavy atom. The highest BCUT2D eigenvalue weighted by atomic mass is 32.2. The molecule has 0 rings (SSSR count). The lowest BCUT2D eigenvalue weighted by atomic mass is 10.1. The van der Waals surface area contributed by atoms with Crippen LogP contribution in [0.25, 0.3) is 0 Å². The van der Waals surface area contributed by atoms with Gasteiger partial charge in [0.1, 0.15) is 0 Å². The van der Waals surface area contributed by atoms with Gasteiger partial charge in [0.05, 0.1) is 18.0 Å². The van der Waals surface area contributed by atoms with E-state index in [1.807, 2.05) is 20.8 Å². The molecule has 0 bridgehead atoms. The lowest BCUT2D eigenvalue weighted by molar-refractivity contribution is -0.144. The molecule has 2 nitrogen and oxygen atoms in total. The van der Waals surface area contributed by atoms with Crippen LogP contribution in [0.3, 0.4) is 0 Å². The van der Waals surface area contributed by atoms with Crippen molar-refractivity contribution in [2.75, 3.05) is 11.5 Å². The second-order valence-electron chi connectivity index (χ2n) is 4.09. The fourth-order valence-corrected chi connectivity index (χ4v) is 2.01. The Morgan fingerprint density at radius 1 is 1.38 bits per heavy atom. The molecule has 1 atom stereocenters. The smallest absolute Gasteiger partial charge is 0.316 e. The molecule has 0 aromatic heterocycles. The van der Waals surface area contributed by atoms with Crippen LogP contribution in [0.2, 0.25) is 0 Å². The quantitative estimate of drug-likeness (QED) is 0.462. The van der Waals surface area contributed by atoms with Crippen LogP contribution in [0.5, 0.6) is 0 Å². The van der Waals surface area contributed by atoms with E-state index < -0.39 is 6.17 Å². The lowest BCUT2D eigenvalue weighted by Crippen LogP contribution is -2.13. The zero-order valence-corrected chi connectivity index (χ0v) is 11.3. The minimum Gasteiger partial charge on any atom is -0.462 e.